The summed E-state index contributed by atoms with van der Waals surface area (Å²) in [4.78, 5) is 2.55. The normalized spacial score (nSPS) is 19.9. The summed E-state index contributed by atoms with van der Waals surface area (Å²) in [5, 5.41) is 0. The van der Waals surface area contributed by atoms with Crippen LogP contribution in [0.25, 0.3) is 0 Å². The highest BCUT2D eigenvalue weighted by Crippen LogP contribution is 2.39. The van der Waals surface area contributed by atoms with E-state index in [0.29, 0.717) is 12.1 Å². The molecule has 0 spiro atoms. The Kier molecular flexibility index (Phi) is 6.88. The van der Waals surface area contributed by atoms with Gasteiger partial charge in [0.2, 0.25) is 6.34 Å². The van der Waals surface area contributed by atoms with Crippen LogP contribution >= 0.6 is 23.5 Å². The monoisotopic (exact) mass is 371 g/mol. The first kappa shape index (κ1) is 18.4. The van der Waals surface area contributed by atoms with Crippen molar-refractivity contribution in [1.29, 1.82) is 0 Å². The van der Waals surface area contributed by atoms with Crippen LogP contribution in [0.1, 0.15) is 23.2 Å². The fourth-order valence-corrected chi connectivity index (χ4v) is 4.32. The van der Waals surface area contributed by atoms with Gasteiger partial charge in [-0.3, -0.25) is 9.48 Å². The van der Waals surface area contributed by atoms with Gasteiger partial charge in [-0.2, -0.15) is 23.5 Å². The Hall–Kier alpha value is -1.39. The smallest absolute Gasteiger partial charge is 0.235 e. The lowest BCUT2D eigenvalue weighted by Gasteiger charge is -2.24. The van der Waals surface area contributed by atoms with E-state index in [1.54, 1.807) is 0 Å². The van der Waals surface area contributed by atoms with Gasteiger partial charge in [-0.1, -0.05) is 60.7 Å². The van der Waals surface area contributed by atoms with E-state index in [9.17, 15) is 0 Å². The Morgan fingerprint density at radius 2 is 1.44 bits per heavy atom. The van der Waals surface area contributed by atoms with Gasteiger partial charge in [-0.15, -0.1) is 0 Å². The lowest BCUT2D eigenvalue weighted by atomic mass is 9.93. The third kappa shape index (κ3) is 4.42. The molecule has 4 heteroatoms. The van der Waals surface area contributed by atoms with Gasteiger partial charge in [0.05, 0.1) is 13.1 Å². The number of hydrogen-bond acceptors (Lipinski definition) is 3. The molecule has 0 aliphatic carbocycles. The van der Waals surface area contributed by atoms with Gasteiger partial charge >= 0.3 is 0 Å². The first-order valence-corrected chi connectivity index (χ1v) is 11.6. The second kappa shape index (κ2) is 9.35. The molecule has 0 saturated heterocycles. The second-order valence-electron chi connectivity index (χ2n) is 6.29. The molecule has 1 aliphatic rings. The highest BCUT2D eigenvalue weighted by molar-refractivity contribution is 7.98. The zero-order valence-corrected chi connectivity index (χ0v) is 16.7. The van der Waals surface area contributed by atoms with Crippen LogP contribution in [-0.2, 0) is 0 Å². The molecule has 0 N–H and O–H groups in total. The first-order valence-electron chi connectivity index (χ1n) is 8.79. The highest BCUT2D eigenvalue weighted by atomic mass is 32.2. The maximum atomic E-state index is 2.55. The molecule has 0 fully saturated rings. The van der Waals surface area contributed by atoms with Crippen molar-refractivity contribution >= 4 is 29.9 Å². The Morgan fingerprint density at radius 3 is 2.04 bits per heavy atom. The number of rotatable bonds is 8. The van der Waals surface area contributed by atoms with E-state index in [4.69, 9.17) is 0 Å². The molecule has 2 aromatic carbocycles. The summed E-state index contributed by atoms with van der Waals surface area (Å²) in [6, 6.07) is 22.7. The van der Waals surface area contributed by atoms with Crippen molar-refractivity contribution in [2.24, 2.45) is 0 Å². The highest BCUT2D eigenvalue weighted by Gasteiger charge is 2.43. The van der Waals surface area contributed by atoms with E-state index in [-0.39, 0.29) is 0 Å². The third-order valence-corrected chi connectivity index (χ3v) is 5.88. The Bertz CT molecular complexity index is 673. The predicted molar refractivity (Wildman–Crippen MR) is 113 cm³/mol. The van der Waals surface area contributed by atoms with Crippen molar-refractivity contribution < 1.29 is 4.58 Å². The summed E-state index contributed by atoms with van der Waals surface area (Å²) in [5.41, 5.74) is 2.81. The molecule has 2 nitrogen and oxygen atoms in total. The van der Waals surface area contributed by atoms with Gasteiger partial charge in [0.15, 0.2) is 12.1 Å². The maximum Gasteiger partial charge on any atom is 0.235 e. The Balaban J connectivity index is 1.99. The largest absolute Gasteiger partial charge is 0.256 e. The summed E-state index contributed by atoms with van der Waals surface area (Å²) < 4.78 is 2.55. The molecule has 1 aliphatic heterocycles. The second-order valence-corrected chi connectivity index (χ2v) is 8.26. The van der Waals surface area contributed by atoms with Crippen LogP contribution in [0, 0.1) is 0 Å². The molecular weight excluding hydrogens is 344 g/mol. The van der Waals surface area contributed by atoms with Crippen molar-refractivity contribution in [3.8, 4) is 0 Å². The number of thioether (sulfide) groups is 2. The van der Waals surface area contributed by atoms with Crippen LogP contribution in [0.2, 0.25) is 0 Å². The molecule has 0 amide bonds. The minimum Gasteiger partial charge on any atom is -0.256 e. The molecular formula is C21H27N2S2+. The van der Waals surface area contributed by atoms with E-state index in [1.807, 2.05) is 23.5 Å². The molecule has 2 atom stereocenters. The van der Waals surface area contributed by atoms with Crippen LogP contribution in [0.3, 0.4) is 0 Å². The van der Waals surface area contributed by atoms with Crippen LogP contribution in [0.4, 0.5) is 0 Å². The molecule has 0 radical (unpaired) electrons. The van der Waals surface area contributed by atoms with Crippen molar-refractivity contribution in [3.63, 3.8) is 0 Å². The lowest BCUT2D eigenvalue weighted by Crippen LogP contribution is -2.28. The summed E-state index contributed by atoms with van der Waals surface area (Å²) in [7, 11) is 0. The number of hydrogen-bond donors (Lipinski definition) is 0. The SMILES string of the molecule is CSCCN1C=[N+](CCSC)C(c2ccccc2)C1c1ccccc1. The fraction of sp³-hybridized carbons (Fsp3) is 0.381. The molecule has 0 bridgehead atoms. The van der Waals surface area contributed by atoms with Crippen LogP contribution < -0.4 is 0 Å². The van der Waals surface area contributed by atoms with E-state index in [1.165, 1.54) is 11.1 Å². The fourth-order valence-electron chi connectivity index (χ4n) is 3.53. The van der Waals surface area contributed by atoms with Crippen LogP contribution in [0.15, 0.2) is 60.7 Å². The maximum absolute atomic E-state index is 2.55. The molecule has 132 valence electrons. The molecule has 25 heavy (non-hydrogen) atoms. The minimum absolute atomic E-state index is 0.373. The van der Waals surface area contributed by atoms with E-state index >= 15 is 0 Å². The average molecular weight is 372 g/mol. The van der Waals surface area contributed by atoms with Gasteiger partial charge in [0.1, 0.15) is 0 Å². The minimum atomic E-state index is 0.373. The molecule has 2 aromatic rings. The molecule has 2 unspecified atom stereocenters. The van der Waals surface area contributed by atoms with Gasteiger partial charge in [-0.05, 0) is 12.5 Å². The molecule has 0 saturated carbocycles. The summed E-state index contributed by atoms with van der Waals surface area (Å²) >= 11 is 3.84. The Morgan fingerprint density at radius 1 is 0.840 bits per heavy atom. The first-order chi connectivity index (χ1) is 12.3. The molecule has 1 heterocycles. The van der Waals surface area contributed by atoms with Gasteiger partial charge in [0.25, 0.3) is 0 Å². The summed E-state index contributed by atoms with van der Waals surface area (Å²) in [5.74, 6) is 2.30. The standard InChI is InChI=1S/C21H27N2S2/c1-24-15-13-22-17-23(14-16-25-2)21(19-11-7-4-8-12-19)20(22)18-9-5-3-6-10-18/h3-12,17,20-21H,13-16H2,1-2H3/q+1. The summed E-state index contributed by atoms with van der Waals surface area (Å²) in [6.45, 7) is 2.17. The topological polar surface area (TPSA) is 6.25 Å². The van der Waals surface area contributed by atoms with Crippen molar-refractivity contribution in [1.82, 2.24) is 4.90 Å². The zero-order chi connectivity index (χ0) is 17.5. The number of benzene rings is 2. The van der Waals surface area contributed by atoms with Crippen molar-refractivity contribution in [2.45, 2.75) is 12.1 Å². The molecule has 3 rings (SSSR count). The van der Waals surface area contributed by atoms with E-state index in [2.05, 4.69) is 89.0 Å². The Labute approximate surface area is 160 Å². The van der Waals surface area contributed by atoms with Gasteiger partial charge < -0.3 is 0 Å². The van der Waals surface area contributed by atoms with Crippen LogP contribution in [0.5, 0.6) is 0 Å². The third-order valence-electron chi connectivity index (χ3n) is 4.70. The zero-order valence-electron chi connectivity index (χ0n) is 15.0. The van der Waals surface area contributed by atoms with Crippen LogP contribution in [-0.4, -0.2) is 52.9 Å². The lowest BCUT2D eigenvalue weighted by molar-refractivity contribution is -0.559. The number of nitrogens with zero attached hydrogens (tertiary/aromatic N) is 2. The predicted octanol–water partition coefficient (Wildman–Crippen LogP) is 4.55. The summed E-state index contributed by atoms with van der Waals surface area (Å²) in [6.07, 6.45) is 6.75. The molecule has 0 aromatic heterocycles. The quantitative estimate of drug-likeness (QED) is 0.628. The van der Waals surface area contributed by atoms with E-state index < -0.39 is 0 Å². The van der Waals surface area contributed by atoms with E-state index in [0.717, 1.165) is 24.6 Å². The average Bonchev–Trinajstić information content (AvgIpc) is 3.04. The van der Waals surface area contributed by atoms with Crippen molar-refractivity contribution in [2.75, 3.05) is 37.1 Å². The van der Waals surface area contributed by atoms with Gasteiger partial charge in [0, 0.05) is 22.6 Å². The van der Waals surface area contributed by atoms with Gasteiger partial charge in [-0.25, -0.2) is 0 Å². The van der Waals surface area contributed by atoms with Crippen molar-refractivity contribution in [3.05, 3.63) is 71.8 Å².